The molecule has 94 valence electrons. The van der Waals surface area contributed by atoms with E-state index in [9.17, 15) is 4.79 Å². The fraction of sp³-hybridized carbons (Fsp3) is 0.545. The Bertz CT molecular complexity index is 357. The largest absolute Gasteiger partial charge is 0.383 e. The van der Waals surface area contributed by atoms with Crippen molar-refractivity contribution in [3.05, 3.63) is 17.8 Å². The van der Waals surface area contributed by atoms with Gasteiger partial charge in [0.1, 0.15) is 5.82 Å². The maximum Gasteiger partial charge on any atom is 0.221 e. The molecule has 0 aliphatic rings. The average molecular weight is 238 g/mol. The lowest BCUT2D eigenvalue weighted by Gasteiger charge is -2.06. The fourth-order valence-corrected chi connectivity index (χ4v) is 1.24. The number of aryl methyl sites for hydroxylation is 1. The Balaban J connectivity index is 2.17. The molecule has 0 aromatic carbocycles. The zero-order chi connectivity index (χ0) is 12.5. The third-order valence-electron chi connectivity index (χ3n) is 2.08. The average Bonchev–Trinajstić information content (AvgIpc) is 2.29. The smallest absolute Gasteiger partial charge is 0.221 e. The van der Waals surface area contributed by atoms with Crippen LogP contribution in [0.25, 0.3) is 0 Å². The molecule has 1 rings (SSSR count). The first kappa shape index (κ1) is 13.4. The van der Waals surface area contributed by atoms with E-state index in [-0.39, 0.29) is 5.91 Å². The molecule has 0 spiro atoms. The quantitative estimate of drug-likeness (QED) is 0.670. The first-order valence-electron chi connectivity index (χ1n) is 5.51. The Labute approximate surface area is 101 Å². The second-order valence-electron chi connectivity index (χ2n) is 3.64. The molecule has 0 saturated heterocycles. The van der Waals surface area contributed by atoms with E-state index in [1.165, 1.54) is 0 Å². The topological polar surface area (TPSA) is 76.1 Å². The van der Waals surface area contributed by atoms with Crippen LogP contribution in [-0.2, 0) is 9.53 Å². The Morgan fingerprint density at radius 1 is 1.47 bits per heavy atom. The second-order valence-corrected chi connectivity index (χ2v) is 3.64. The summed E-state index contributed by atoms with van der Waals surface area (Å²) in [6, 6.07) is 1.88. The number of carbonyl (C=O) groups is 1. The lowest BCUT2D eigenvalue weighted by Crippen LogP contribution is -2.28. The third-order valence-corrected chi connectivity index (χ3v) is 2.08. The molecule has 0 aliphatic carbocycles. The van der Waals surface area contributed by atoms with E-state index in [2.05, 4.69) is 20.8 Å². The summed E-state index contributed by atoms with van der Waals surface area (Å²) in [5, 5.41) is 13.5. The van der Waals surface area contributed by atoms with Gasteiger partial charge in [-0.2, -0.15) is 5.10 Å². The molecule has 6 nitrogen and oxygen atoms in total. The van der Waals surface area contributed by atoms with Crippen molar-refractivity contribution in [3.8, 4) is 0 Å². The lowest BCUT2D eigenvalue weighted by atomic mass is 10.3. The molecule has 6 heteroatoms. The van der Waals surface area contributed by atoms with Gasteiger partial charge in [0.2, 0.25) is 5.91 Å². The van der Waals surface area contributed by atoms with Crippen molar-refractivity contribution in [2.75, 3.05) is 32.1 Å². The highest BCUT2D eigenvalue weighted by Gasteiger charge is 2.00. The monoisotopic (exact) mass is 238 g/mol. The summed E-state index contributed by atoms with van der Waals surface area (Å²) >= 11 is 0. The summed E-state index contributed by atoms with van der Waals surface area (Å²) in [6.45, 7) is 3.55. The van der Waals surface area contributed by atoms with E-state index in [4.69, 9.17) is 4.74 Å². The van der Waals surface area contributed by atoms with Gasteiger partial charge in [-0.05, 0) is 18.6 Å². The standard InChI is InChI=1S/C11H18N4O2/c1-9-7-10(15-14-8-9)12-4-3-11(16)13-5-6-17-2/h7-8H,3-6H2,1-2H3,(H,12,15)(H,13,16). The summed E-state index contributed by atoms with van der Waals surface area (Å²) in [6.07, 6.45) is 2.09. The van der Waals surface area contributed by atoms with Crippen LogP contribution in [0.3, 0.4) is 0 Å². The summed E-state index contributed by atoms with van der Waals surface area (Å²) in [4.78, 5) is 11.3. The molecular weight excluding hydrogens is 220 g/mol. The van der Waals surface area contributed by atoms with Gasteiger partial charge < -0.3 is 15.4 Å². The summed E-state index contributed by atoms with van der Waals surface area (Å²) in [7, 11) is 1.60. The highest BCUT2D eigenvalue weighted by atomic mass is 16.5. The first-order valence-corrected chi connectivity index (χ1v) is 5.51. The molecule has 0 saturated carbocycles. The van der Waals surface area contributed by atoms with Crippen molar-refractivity contribution < 1.29 is 9.53 Å². The Hall–Kier alpha value is -1.69. The number of ether oxygens (including phenoxy) is 1. The fourth-order valence-electron chi connectivity index (χ4n) is 1.24. The van der Waals surface area contributed by atoms with Crippen LogP contribution in [0.2, 0.25) is 0 Å². The SMILES string of the molecule is COCCNC(=O)CCNc1cc(C)cnn1. The Morgan fingerprint density at radius 3 is 3.00 bits per heavy atom. The maximum absolute atomic E-state index is 11.3. The van der Waals surface area contributed by atoms with Crippen LogP contribution in [0.4, 0.5) is 5.82 Å². The Kier molecular flexibility index (Phi) is 5.95. The van der Waals surface area contributed by atoms with E-state index < -0.39 is 0 Å². The predicted molar refractivity (Wildman–Crippen MR) is 64.8 cm³/mol. The van der Waals surface area contributed by atoms with Crippen molar-refractivity contribution in [1.82, 2.24) is 15.5 Å². The minimum absolute atomic E-state index is 0.00448. The molecule has 2 N–H and O–H groups in total. The van der Waals surface area contributed by atoms with Crippen molar-refractivity contribution >= 4 is 11.7 Å². The molecule has 0 atom stereocenters. The minimum atomic E-state index is -0.00448. The Morgan fingerprint density at radius 2 is 2.29 bits per heavy atom. The van der Waals surface area contributed by atoms with Gasteiger partial charge in [-0.25, -0.2) is 0 Å². The highest BCUT2D eigenvalue weighted by Crippen LogP contribution is 2.02. The van der Waals surface area contributed by atoms with E-state index >= 15 is 0 Å². The molecule has 0 radical (unpaired) electrons. The molecule has 1 amide bonds. The van der Waals surface area contributed by atoms with Crippen LogP contribution in [0.5, 0.6) is 0 Å². The van der Waals surface area contributed by atoms with E-state index in [0.29, 0.717) is 31.9 Å². The number of anilines is 1. The van der Waals surface area contributed by atoms with E-state index in [1.807, 2.05) is 13.0 Å². The summed E-state index contributed by atoms with van der Waals surface area (Å²) in [5.74, 6) is 0.685. The van der Waals surface area contributed by atoms with Gasteiger partial charge in [0.25, 0.3) is 0 Å². The van der Waals surface area contributed by atoms with Crippen LogP contribution in [0, 0.1) is 6.92 Å². The van der Waals surface area contributed by atoms with Gasteiger partial charge in [0.05, 0.1) is 12.8 Å². The van der Waals surface area contributed by atoms with Crippen LogP contribution in [0.15, 0.2) is 12.3 Å². The van der Waals surface area contributed by atoms with Crippen LogP contribution >= 0.6 is 0 Å². The van der Waals surface area contributed by atoms with Gasteiger partial charge in [0, 0.05) is 26.6 Å². The summed E-state index contributed by atoms with van der Waals surface area (Å²) in [5.41, 5.74) is 1.03. The molecule has 1 aromatic rings. The molecule has 0 aliphatic heterocycles. The molecule has 17 heavy (non-hydrogen) atoms. The van der Waals surface area contributed by atoms with Crippen LogP contribution < -0.4 is 10.6 Å². The van der Waals surface area contributed by atoms with Gasteiger partial charge in [-0.1, -0.05) is 0 Å². The second kappa shape index (κ2) is 7.56. The summed E-state index contributed by atoms with van der Waals surface area (Å²) < 4.78 is 4.83. The number of rotatable bonds is 7. The van der Waals surface area contributed by atoms with Gasteiger partial charge in [0.15, 0.2) is 0 Å². The number of nitrogens with one attached hydrogen (secondary N) is 2. The molecule has 0 bridgehead atoms. The number of hydrogen-bond acceptors (Lipinski definition) is 5. The number of amides is 1. The van der Waals surface area contributed by atoms with E-state index in [1.54, 1.807) is 13.3 Å². The first-order chi connectivity index (χ1) is 8.22. The van der Waals surface area contributed by atoms with E-state index in [0.717, 1.165) is 5.56 Å². The molecule has 1 aromatic heterocycles. The lowest BCUT2D eigenvalue weighted by molar-refractivity contribution is -0.121. The van der Waals surface area contributed by atoms with Crippen molar-refractivity contribution in [2.24, 2.45) is 0 Å². The predicted octanol–water partition coefficient (Wildman–Crippen LogP) is 0.350. The molecule has 1 heterocycles. The number of hydrogen-bond donors (Lipinski definition) is 2. The number of carbonyl (C=O) groups excluding carboxylic acids is 1. The number of nitrogens with zero attached hydrogens (tertiary/aromatic N) is 2. The van der Waals surface area contributed by atoms with Gasteiger partial charge in [-0.3, -0.25) is 4.79 Å². The van der Waals surface area contributed by atoms with Crippen molar-refractivity contribution in [3.63, 3.8) is 0 Å². The maximum atomic E-state index is 11.3. The number of methoxy groups -OCH3 is 1. The van der Waals surface area contributed by atoms with Gasteiger partial charge in [-0.15, -0.1) is 5.10 Å². The minimum Gasteiger partial charge on any atom is -0.383 e. The zero-order valence-corrected chi connectivity index (χ0v) is 10.2. The highest BCUT2D eigenvalue weighted by molar-refractivity contribution is 5.76. The normalized spacial score (nSPS) is 10.0. The van der Waals surface area contributed by atoms with Gasteiger partial charge >= 0.3 is 0 Å². The van der Waals surface area contributed by atoms with Crippen LogP contribution in [-0.4, -0.2) is 42.9 Å². The molecule has 0 unspecified atom stereocenters. The third kappa shape index (κ3) is 5.82. The van der Waals surface area contributed by atoms with Crippen molar-refractivity contribution in [2.45, 2.75) is 13.3 Å². The molecule has 0 fully saturated rings. The van der Waals surface area contributed by atoms with Crippen LogP contribution in [0.1, 0.15) is 12.0 Å². The molecular formula is C11H18N4O2. The van der Waals surface area contributed by atoms with Crippen molar-refractivity contribution in [1.29, 1.82) is 0 Å². The zero-order valence-electron chi connectivity index (χ0n) is 10.2. The number of aromatic nitrogens is 2.